The quantitative estimate of drug-likeness (QED) is 0.888. The van der Waals surface area contributed by atoms with Crippen LogP contribution in [0.4, 0.5) is 5.69 Å². The molecule has 2 aromatic rings. The van der Waals surface area contributed by atoms with E-state index in [0.717, 1.165) is 24.4 Å². The van der Waals surface area contributed by atoms with Gasteiger partial charge in [-0.25, -0.2) is 0 Å². The first kappa shape index (κ1) is 14.0. The Labute approximate surface area is 127 Å². The van der Waals surface area contributed by atoms with Gasteiger partial charge in [0, 0.05) is 12.1 Å². The first-order valence-electron chi connectivity index (χ1n) is 7.72. The Bertz CT molecular complexity index is 616. The second-order valence-electron chi connectivity index (χ2n) is 6.21. The van der Waals surface area contributed by atoms with Gasteiger partial charge in [0.2, 0.25) is 0 Å². The second kappa shape index (κ2) is 5.80. The molecule has 0 spiro atoms. The van der Waals surface area contributed by atoms with Crippen LogP contribution in [0, 0.1) is 6.92 Å². The average molecular weight is 281 g/mol. The van der Waals surface area contributed by atoms with Crippen LogP contribution >= 0.6 is 0 Å². The molecule has 0 bridgehead atoms. The minimum atomic E-state index is 0.228. The molecule has 1 atom stereocenters. The van der Waals surface area contributed by atoms with Gasteiger partial charge in [0.15, 0.2) is 0 Å². The van der Waals surface area contributed by atoms with Gasteiger partial charge < -0.3 is 10.1 Å². The van der Waals surface area contributed by atoms with Gasteiger partial charge in [-0.05, 0) is 42.2 Å². The first-order chi connectivity index (χ1) is 10.1. The number of nitrogens with one attached hydrogen (secondary N) is 1. The fraction of sp³-hybridized carbons (Fsp3) is 0.368. The van der Waals surface area contributed by atoms with Crippen LogP contribution in [0.15, 0.2) is 42.5 Å². The molecular weight excluding hydrogens is 258 g/mol. The van der Waals surface area contributed by atoms with E-state index in [2.05, 4.69) is 68.6 Å². The number of hydrogen-bond donors (Lipinski definition) is 1. The summed E-state index contributed by atoms with van der Waals surface area (Å²) < 4.78 is 5.98. The number of hydrogen-bond acceptors (Lipinski definition) is 2. The van der Waals surface area contributed by atoms with Crippen LogP contribution in [0.5, 0.6) is 5.75 Å². The molecule has 0 fully saturated rings. The fourth-order valence-corrected chi connectivity index (χ4v) is 2.78. The molecule has 1 aliphatic heterocycles. The first-order valence-corrected chi connectivity index (χ1v) is 7.72. The number of fused-ring (bicyclic) bond motifs is 1. The van der Waals surface area contributed by atoms with Crippen LogP contribution in [-0.4, -0.2) is 12.6 Å². The maximum atomic E-state index is 5.98. The van der Waals surface area contributed by atoms with E-state index in [1.54, 1.807) is 0 Å². The molecular formula is C19H23NO. The number of ether oxygens (including phenoxy) is 1. The van der Waals surface area contributed by atoms with E-state index in [1.165, 1.54) is 16.7 Å². The van der Waals surface area contributed by atoms with Crippen molar-refractivity contribution in [2.24, 2.45) is 0 Å². The lowest BCUT2D eigenvalue weighted by molar-refractivity contribution is 0.246. The van der Waals surface area contributed by atoms with Gasteiger partial charge in [-0.1, -0.05) is 43.7 Å². The van der Waals surface area contributed by atoms with Crippen molar-refractivity contribution in [3.05, 3.63) is 59.2 Å². The molecule has 1 unspecified atom stereocenters. The van der Waals surface area contributed by atoms with Crippen LogP contribution < -0.4 is 10.1 Å². The Morgan fingerprint density at radius 3 is 2.62 bits per heavy atom. The van der Waals surface area contributed by atoms with Gasteiger partial charge in [0.1, 0.15) is 11.9 Å². The van der Waals surface area contributed by atoms with E-state index >= 15 is 0 Å². The summed E-state index contributed by atoms with van der Waals surface area (Å²) in [5, 5.41) is 3.48. The Kier molecular flexibility index (Phi) is 3.87. The summed E-state index contributed by atoms with van der Waals surface area (Å²) in [5.41, 5.74) is 5.17. The minimum absolute atomic E-state index is 0.228. The summed E-state index contributed by atoms with van der Waals surface area (Å²) in [6, 6.07) is 15.1. The molecule has 1 N–H and O–H groups in total. The molecule has 0 aromatic heterocycles. The molecule has 0 saturated heterocycles. The summed E-state index contributed by atoms with van der Waals surface area (Å²) in [4.78, 5) is 0. The van der Waals surface area contributed by atoms with Crippen molar-refractivity contribution in [2.75, 3.05) is 11.9 Å². The molecule has 110 valence electrons. The van der Waals surface area contributed by atoms with Crippen molar-refractivity contribution < 1.29 is 4.74 Å². The summed E-state index contributed by atoms with van der Waals surface area (Å²) in [7, 11) is 0. The smallest absolute Gasteiger partial charge is 0.123 e. The molecule has 0 aliphatic carbocycles. The Balaban J connectivity index is 1.57. The predicted molar refractivity (Wildman–Crippen MR) is 88.3 cm³/mol. The summed E-state index contributed by atoms with van der Waals surface area (Å²) >= 11 is 0. The van der Waals surface area contributed by atoms with E-state index in [0.29, 0.717) is 5.92 Å². The lowest BCUT2D eigenvalue weighted by Crippen LogP contribution is -2.23. The van der Waals surface area contributed by atoms with Gasteiger partial charge in [-0.3, -0.25) is 0 Å². The highest BCUT2D eigenvalue weighted by atomic mass is 16.5. The summed E-state index contributed by atoms with van der Waals surface area (Å²) in [6.07, 6.45) is 1.22. The number of anilines is 1. The Morgan fingerprint density at radius 2 is 1.90 bits per heavy atom. The molecule has 2 nitrogen and oxygen atoms in total. The van der Waals surface area contributed by atoms with Crippen LogP contribution in [0.2, 0.25) is 0 Å². The van der Waals surface area contributed by atoms with Crippen LogP contribution in [0.1, 0.15) is 36.5 Å². The highest BCUT2D eigenvalue weighted by molar-refractivity contribution is 5.46. The monoisotopic (exact) mass is 281 g/mol. The topological polar surface area (TPSA) is 21.3 Å². The van der Waals surface area contributed by atoms with Crippen molar-refractivity contribution in [3.63, 3.8) is 0 Å². The number of benzene rings is 2. The Hall–Kier alpha value is -1.96. The van der Waals surface area contributed by atoms with Crippen molar-refractivity contribution >= 4 is 5.69 Å². The maximum Gasteiger partial charge on any atom is 0.123 e. The van der Waals surface area contributed by atoms with E-state index in [9.17, 15) is 0 Å². The highest BCUT2D eigenvalue weighted by Crippen LogP contribution is 2.29. The molecule has 1 aliphatic rings. The van der Waals surface area contributed by atoms with Gasteiger partial charge in [0.25, 0.3) is 0 Å². The van der Waals surface area contributed by atoms with Crippen LogP contribution in [0.25, 0.3) is 0 Å². The second-order valence-corrected chi connectivity index (χ2v) is 6.21. The molecule has 0 amide bonds. The molecule has 21 heavy (non-hydrogen) atoms. The predicted octanol–water partition coefficient (Wildman–Crippen LogP) is 4.53. The fourth-order valence-electron chi connectivity index (χ4n) is 2.78. The van der Waals surface area contributed by atoms with Gasteiger partial charge in [-0.15, -0.1) is 0 Å². The molecule has 0 radical (unpaired) electrons. The minimum Gasteiger partial charge on any atom is -0.488 e. The van der Waals surface area contributed by atoms with Crippen molar-refractivity contribution in [3.8, 4) is 5.75 Å². The van der Waals surface area contributed by atoms with Gasteiger partial charge in [0.05, 0.1) is 6.54 Å². The van der Waals surface area contributed by atoms with Crippen LogP contribution in [0.3, 0.4) is 0 Å². The van der Waals surface area contributed by atoms with E-state index in [4.69, 9.17) is 4.74 Å². The molecule has 2 aromatic carbocycles. The van der Waals surface area contributed by atoms with Crippen molar-refractivity contribution in [1.29, 1.82) is 0 Å². The highest BCUT2D eigenvalue weighted by Gasteiger charge is 2.22. The maximum absolute atomic E-state index is 5.98. The number of rotatable bonds is 4. The molecule has 2 heteroatoms. The Morgan fingerprint density at radius 1 is 1.14 bits per heavy atom. The summed E-state index contributed by atoms with van der Waals surface area (Å²) in [5.74, 6) is 1.62. The van der Waals surface area contributed by atoms with E-state index < -0.39 is 0 Å². The van der Waals surface area contributed by atoms with E-state index in [-0.39, 0.29) is 6.10 Å². The third-order valence-corrected chi connectivity index (χ3v) is 4.07. The normalized spacial score (nSPS) is 16.7. The zero-order chi connectivity index (χ0) is 14.8. The standard InChI is InChI=1S/C19H23NO/c1-13(2)15-5-7-17(8-6-15)20-12-18-11-16-10-14(3)4-9-19(16)21-18/h4-10,13,18,20H,11-12H2,1-3H3. The largest absolute Gasteiger partial charge is 0.488 e. The molecule has 1 heterocycles. The average Bonchev–Trinajstić information content (AvgIpc) is 2.87. The molecule has 3 rings (SSSR count). The zero-order valence-electron chi connectivity index (χ0n) is 13.0. The summed E-state index contributed by atoms with van der Waals surface area (Å²) in [6.45, 7) is 7.40. The van der Waals surface area contributed by atoms with Crippen molar-refractivity contribution in [2.45, 2.75) is 39.2 Å². The van der Waals surface area contributed by atoms with Crippen LogP contribution in [-0.2, 0) is 6.42 Å². The lowest BCUT2D eigenvalue weighted by atomic mass is 10.0. The third-order valence-electron chi connectivity index (χ3n) is 4.07. The third kappa shape index (κ3) is 3.21. The molecule has 0 saturated carbocycles. The SMILES string of the molecule is Cc1ccc2c(c1)CC(CNc1ccc(C(C)C)cc1)O2. The lowest BCUT2D eigenvalue weighted by Gasteiger charge is -2.13. The number of aryl methyl sites for hydroxylation is 1. The van der Waals surface area contributed by atoms with Crippen molar-refractivity contribution in [1.82, 2.24) is 0 Å². The van der Waals surface area contributed by atoms with Gasteiger partial charge >= 0.3 is 0 Å². The zero-order valence-corrected chi connectivity index (χ0v) is 13.0. The van der Waals surface area contributed by atoms with Gasteiger partial charge in [-0.2, -0.15) is 0 Å². The van der Waals surface area contributed by atoms with E-state index in [1.807, 2.05) is 0 Å².